The zero-order chi connectivity index (χ0) is 56.9. The normalized spacial score (nSPS) is 21.6. The van der Waals surface area contributed by atoms with Crippen LogP contribution >= 0.6 is 11.8 Å². The summed E-state index contributed by atoms with van der Waals surface area (Å²) >= 11 is 1.56. The van der Waals surface area contributed by atoms with Crippen molar-refractivity contribution in [3.63, 3.8) is 0 Å². The molecule has 4 rings (SSSR count). The molecule has 3 aliphatic rings. The van der Waals surface area contributed by atoms with E-state index in [-0.39, 0.29) is 101 Å². The highest BCUT2D eigenvalue weighted by atomic mass is 32.2. The predicted octanol–water partition coefficient (Wildman–Crippen LogP) is 6.73. The first-order valence-electron chi connectivity index (χ1n) is 27.6. The average Bonchev–Trinajstić information content (AvgIpc) is 3.93. The summed E-state index contributed by atoms with van der Waals surface area (Å²) < 4.78 is 26.5. The number of carboxylic acids is 1. The first kappa shape index (κ1) is 63.9. The van der Waals surface area contributed by atoms with Gasteiger partial charge in [0.05, 0.1) is 41.9 Å². The van der Waals surface area contributed by atoms with E-state index in [0.29, 0.717) is 38.6 Å². The lowest BCUT2D eigenvalue weighted by molar-refractivity contribution is -0.149. The average molecular weight is 1090 g/mol. The molecule has 0 bridgehead atoms. The van der Waals surface area contributed by atoms with Crippen molar-refractivity contribution >= 4 is 59.1 Å². The first-order valence-corrected chi connectivity index (χ1v) is 28.7. The summed E-state index contributed by atoms with van der Waals surface area (Å²) in [6.07, 6.45) is 4.16. The van der Waals surface area contributed by atoms with Crippen LogP contribution in [0.3, 0.4) is 0 Å². The molecule has 1 aromatic rings. The molecule has 12 atom stereocenters. The molecule has 19 heteroatoms. The summed E-state index contributed by atoms with van der Waals surface area (Å²) in [6.45, 7) is 19.8. The van der Waals surface area contributed by atoms with Crippen molar-refractivity contribution in [2.45, 2.75) is 200 Å². The molecule has 2 saturated heterocycles. The van der Waals surface area contributed by atoms with Gasteiger partial charge in [0.25, 0.3) is 0 Å². The number of benzene rings is 1. The maximum atomic E-state index is 14.7. The molecule has 2 aliphatic heterocycles. The molecule has 428 valence electrons. The lowest BCUT2D eigenvalue weighted by Gasteiger charge is -2.41. The van der Waals surface area contributed by atoms with E-state index in [4.69, 9.17) is 9.47 Å². The van der Waals surface area contributed by atoms with Crippen molar-refractivity contribution in [2.24, 2.45) is 35.0 Å². The number of hydrogen-bond donors (Lipinski definition) is 3. The second-order valence-corrected chi connectivity index (χ2v) is 24.8. The summed E-state index contributed by atoms with van der Waals surface area (Å²) in [5.41, 5.74) is 0.367. The third kappa shape index (κ3) is 16.9. The maximum Gasteiger partial charge on any atom is 0.326 e. The smallest absolute Gasteiger partial charge is 0.326 e. The molecule has 3 fully saturated rings. The number of hydrogen-bond acceptors (Lipinski definition) is 11. The Morgan fingerprint density at radius 1 is 0.882 bits per heavy atom. The molecule has 2 heterocycles. The van der Waals surface area contributed by atoms with E-state index in [9.17, 15) is 47.9 Å². The van der Waals surface area contributed by atoms with Crippen molar-refractivity contribution < 1.29 is 57.3 Å². The fourth-order valence-corrected chi connectivity index (χ4v) is 12.3. The van der Waals surface area contributed by atoms with Gasteiger partial charge in [0.15, 0.2) is 0 Å². The molecular weight excluding hydrogens is 996 g/mol. The molecule has 1 aromatic carbocycles. The summed E-state index contributed by atoms with van der Waals surface area (Å²) in [5.74, 6) is -4.80. The van der Waals surface area contributed by atoms with Crippen LogP contribution in [0.15, 0.2) is 24.3 Å². The number of piperidine rings is 1. The summed E-state index contributed by atoms with van der Waals surface area (Å²) in [4.78, 5) is 115. The van der Waals surface area contributed by atoms with Gasteiger partial charge in [-0.1, -0.05) is 100 Å². The minimum atomic E-state index is -1.40. The number of carbonyl (C=O) groups is 8. The monoisotopic (exact) mass is 1090 g/mol. The van der Waals surface area contributed by atoms with Crippen molar-refractivity contribution in [3.05, 3.63) is 35.6 Å². The van der Waals surface area contributed by atoms with E-state index in [0.717, 1.165) is 25.0 Å². The van der Waals surface area contributed by atoms with Crippen molar-refractivity contribution in [3.8, 4) is 0 Å². The maximum absolute atomic E-state index is 14.7. The van der Waals surface area contributed by atoms with Crippen LogP contribution in [0, 0.1) is 40.8 Å². The number of nitrogens with one attached hydrogen (secondary N) is 2. The van der Waals surface area contributed by atoms with Crippen LogP contribution in [-0.4, -0.2) is 166 Å². The van der Waals surface area contributed by atoms with Crippen LogP contribution < -0.4 is 10.6 Å². The number of amides is 7. The fourth-order valence-electron chi connectivity index (χ4n) is 11.2. The van der Waals surface area contributed by atoms with Crippen LogP contribution in [0.25, 0.3) is 0 Å². The number of carbonyl (C=O) groups excluding carboxylic acids is 7. The minimum absolute atomic E-state index is 0.0823. The van der Waals surface area contributed by atoms with Gasteiger partial charge in [0.2, 0.25) is 41.4 Å². The van der Waals surface area contributed by atoms with E-state index in [2.05, 4.69) is 31.4 Å². The molecule has 1 aliphatic carbocycles. The van der Waals surface area contributed by atoms with Crippen molar-refractivity contribution in [2.75, 3.05) is 40.6 Å². The lowest BCUT2D eigenvalue weighted by Crippen LogP contribution is -2.60. The lowest BCUT2D eigenvalue weighted by atomic mass is 9.89. The minimum Gasteiger partial charge on any atom is -0.480 e. The number of imide groups is 1. The van der Waals surface area contributed by atoms with Gasteiger partial charge < -0.3 is 39.9 Å². The number of thioether (sulfide) groups is 1. The van der Waals surface area contributed by atoms with Gasteiger partial charge in [-0.25, -0.2) is 9.18 Å². The van der Waals surface area contributed by atoms with Crippen LogP contribution in [0.2, 0.25) is 0 Å². The molecule has 17 nitrogen and oxygen atoms in total. The highest BCUT2D eigenvalue weighted by Crippen LogP contribution is 2.50. The van der Waals surface area contributed by atoms with Gasteiger partial charge >= 0.3 is 5.97 Å². The van der Waals surface area contributed by atoms with Gasteiger partial charge in [0, 0.05) is 60.2 Å². The largest absolute Gasteiger partial charge is 0.480 e. The quantitative estimate of drug-likeness (QED) is 0.0522. The molecule has 0 spiro atoms. The standard InChI is InChI=1S/C57H91FN6O11S/c1-15-35(6)50(43(74-13)31-47(67)64-41-29-38(41)30-42(64)51(75-14)36(7)52(68)59-40(56(72)73)28-37-22-18-19-23-39(37)58)62(12)55(71)48(33(2)3)60-53(69)49(34(4)5)61(11)45(65)24-17-16-20-26-63-46(66)32-44(54(63)70)76-27-21-25-57(8,9)10/h18-19,22-23,33-36,38,40-44,48-51H,15-17,20-21,24-32H2,1-14H3,(H,59,68)(H,60,69)(H,72,73)/t35-,36+,38+,40?,41?,42-,43+,44?,48-,49-,50?,51+/m0/s1. The Kier molecular flexibility index (Phi) is 24.3. The number of methoxy groups -OCH3 is 2. The summed E-state index contributed by atoms with van der Waals surface area (Å²) in [5, 5.41) is 15.2. The zero-order valence-electron chi connectivity index (χ0n) is 47.9. The highest BCUT2D eigenvalue weighted by Gasteiger charge is 2.57. The second kappa shape index (κ2) is 28.8. The number of aliphatic carboxylic acids is 1. The van der Waals surface area contributed by atoms with E-state index in [1.165, 1.54) is 42.2 Å². The number of unbranched alkanes of at least 4 members (excludes halogenated alkanes) is 2. The Labute approximate surface area is 456 Å². The Balaban J connectivity index is 1.38. The Bertz CT molecular complexity index is 2170. The van der Waals surface area contributed by atoms with Crippen LogP contribution in [0.4, 0.5) is 4.39 Å². The first-order chi connectivity index (χ1) is 35.7. The van der Waals surface area contributed by atoms with E-state index < -0.39 is 71.9 Å². The number of ether oxygens (including phenoxy) is 2. The molecule has 4 unspecified atom stereocenters. The summed E-state index contributed by atoms with van der Waals surface area (Å²) in [6, 6.07) is 1.30. The Morgan fingerprint density at radius 3 is 2.13 bits per heavy atom. The van der Waals surface area contributed by atoms with Gasteiger partial charge in [0.1, 0.15) is 23.9 Å². The number of halogens is 1. The molecule has 7 amide bonds. The fraction of sp³-hybridized carbons (Fsp3) is 0.754. The van der Waals surface area contributed by atoms with Gasteiger partial charge in [-0.2, -0.15) is 0 Å². The Hall–Kier alpha value is -4.62. The topological polar surface area (TPSA) is 212 Å². The third-order valence-electron chi connectivity index (χ3n) is 15.9. The van der Waals surface area contributed by atoms with Gasteiger partial charge in [-0.3, -0.25) is 38.5 Å². The van der Waals surface area contributed by atoms with Crippen molar-refractivity contribution in [1.82, 2.24) is 30.2 Å². The molecule has 76 heavy (non-hydrogen) atoms. The molecule has 1 saturated carbocycles. The van der Waals surface area contributed by atoms with E-state index >= 15 is 0 Å². The number of fused-ring (bicyclic) bond motifs is 1. The number of nitrogens with zero attached hydrogens (tertiary/aromatic N) is 4. The molecular formula is C57H91FN6O11S. The SMILES string of the molecule is CC[C@H](C)C([C@@H](CC(=O)N1C2C[C@@H]2C[C@H]1[C@H](OC)[C@@H](C)C(=O)NC(Cc1ccccc1F)C(=O)O)OC)N(C)C(=O)[C@@H](NC(=O)[C@H](C(C)C)N(C)C(=O)CCCCCN1C(=O)CC(SCCCC(C)(C)C)C1=O)C(C)C. The number of likely N-dealkylation sites (tertiary alicyclic amines) is 2. The van der Waals surface area contributed by atoms with Crippen LogP contribution in [0.5, 0.6) is 0 Å². The number of carboxylic acid groups (broad SMARTS) is 1. The van der Waals surface area contributed by atoms with E-state index in [1.54, 1.807) is 48.6 Å². The van der Waals surface area contributed by atoms with Crippen molar-refractivity contribution in [1.29, 1.82) is 0 Å². The Morgan fingerprint density at radius 2 is 1.55 bits per heavy atom. The predicted molar refractivity (Wildman–Crippen MR) is 291 cm³/mol. The zero-order valence-corrected chi connectivity index (χ0v) is 48.7. The van der Waals surface area contributed by atoms with Crippen LogP contribution in [-0.2, 0) is 54.3 Å². The molecule has 0 radical (unpaired) electrons. The summed E-state index contributed by atoms with van der Waals surface area (Å²) in [7, 11) is 6.20. The van der Waals surface area contributed by atoms with Gasteiger partial charge in [-0.15, -0.1) is 11.8 Å². The number of rotatable bonds is 31. The van der Waals surface area contributed by atoms with Gasteiger partial charge in [-0.05, 0) is 85.0 Å². The van der Waals surface area contributed by atoms with E-state index in [1.807, 2.05) is 41.5 Å². The molecule has 0 aromatic heterocycles. The third-order valence-corrected chi connectivity index (χ3v) is 17.2. The second-order valence-electron chi connectivity index (χ2n) is 23.5. The number of likely N-dealkylation sites (N-methyl/N-ethyl adjacent to an activating group) is 2. The highest BCUT2D eigenvalue weighted by molar-refractivity contribution is 8.00. The van der Waals surface area contributed by atoms with Crippen LogP contribution in [0.1, 0.15) is 145 Å². The molecule has 3 N–H and O–H groups in total.